The quantitative estimate of drug-likeness (QED) is 0.432. The van der Waals surface area contributed by atoms with Crippen molar-refractivity contribution in [3.63, 3.8) is 0 Å². The highest BCUT2D eigenvalue weighted by Gasteiger charge is 2.18. The Morgan fingerprint density at radius 3 is 2.07 bits per heavy atom. The number of carboxylic acid groups (broad SMARTS) is 2. The first-order chi connectivity index (χ1) is 13.8. The van der Waals surface area contributed by atoms with E-state index in [9.17, 15) is 9.59 Å². The number of fused-ring (bicyclic) bond motifs is 2. The van der Waals surface area contributed by atoms with E-state index in [1.807, 2.05) is 0 Å². The number of carboxylic acids is 2. The maximum absolute atomic E-state index is 10.8. The van der Waals surface area contributed by atoms with E-state index in [0.717, 1.165) is 5.39 Å². The van der Waals surface area contributed by atoms with Crippen LogP contribution in [0.25, 0.3) is 21.9 Å². The zero-order chi connectivity index (χ0) is 21.1. The fraction of sp³-hybridized carbons (Fsp3) is 0.100. The van der Waals surface area contributed by atoms with Crippen LogP contribution in [0.3, 0.4) is 0 Å². The third-order valence-electron chi connectivity index (χ3n) is 3.96. The van der Waals surface area contributed by atoms with Crippen molar-refractivity contribution in [1.29, 1.82) is 0 Å². The zero-order valence-electron chi connectivity index (χ0n) is 15.3. The Morgan fingerprint density at radius 1 is 0.862 bits per heavy atom. The lowest BCUT2D eigenvalue weighted by Crippen LogP contribution is -1.93. The summed E-state index contributed by atoms with van der Waals surface area (Å²) < 4.78 is 20.7. The molecule has 0 aliphatic carbocycles. The van der Waals surface area contributed by atoms with Crippen LogP contribution in [0, 0.1) is 0 Å². The van der Waals surface area contributed by atoms with E-state index in [1.54, 1.807) is 50.6 Å². The Morgan fingerprint density at radius 2 is 1.48 bits per heavy atom. The van der Waals surface area contributed by atoms with Gasteiger partial charge in [0.1, 0.15) is 22.7 Å². The summed E-state index contributed by atoms with van der Waals surface area (Å²) in [5.41, 5.74) is 1.06. The van der Waals surface area contributed by atoms with Crippen molar-refractivity contribution in [3.05, 3.63) is 58.5 Å². The summed E-state index contributed by atoms with van der Waals surface area (Å²) in [6, 6.07) is 11.7. The predicted octanol–water partition coefficient (Wildman–Crippen LogP) is 5.04. The third-order valence-corrected chi connectivity index (χ3v) is 4.75. The number of furan rings is 2. The van der Waals surface area contributed by atoms with E-state index in [0.29, 0.717) is 32.5 Å². The maximum Gasteiger partial charge on any atom is 0.373 e. The van der Waals surface area contributed by atoms with Crippen molar-refractivity contribution in [2.24, 2.45) is 0 Å². The van der Waals surface area contributed by atoms with Crippen LogP contribution in [-0.4, -0.2) is 36.4 Å². The highest BCUT2D eigenvalue weighted by atomic mass is 79.9. The van der Waals surface area contributed by atoms with E-state index >= 15 is 0 Å². The summed E-state index contributed by atoms with van der Waals surface area (Å²) in [6.07, 6.45) is 0. The van der Waals surface area contributed by atoms with Gasteiger partial charge in [0.25, 0.3) is 0 Å². The van der Waals surface area contributed by atoms with Crippen LogP contribution in [0.4, 0.5) is 0 Å². The SMILES string of the molecule is COc1ccc2oc(C(=O)O)c(Br)c2c1.COc1ccc2oc(C(=O)O)cc2c1. The number of carbonyl (C=O) groups is 2. The van der Waals surface area contributed by atoms with Crippen molar-refractivity contribution in [2.45, 2.75) is 0 Å². The van der Waals surface area contributed by atoms with Gasteiger partial charge in [-0.25, -0.2) is 9.59 Å². The van der Waals surface area contributed by atoms with Gasteiger partial charge in [-0.3, -0.25) is 0 Å². The molecule has 2 aromatic carbocycles. The molecule has 9 heteroatoms. The molecular weight excluding hydrogens is 448 g/mol. The molecule has 0 atom stereocenters. The molecule has 2 heterocycles. The average Bonchev–Trinajstić information content (AvgIpc) is 3.29. The van der Waals surface area contributed by atoms with E-state index in [2.05, 4.69) is 15.9 Å². The van der Waals surface area contributed by atoms with Gasteiger partial charge >= 0.3 is 11.9 Å². The molecule has 0 amide bonds. The molecule has 0 fully saturated rings. The van der Waals surface area contributed by atoms with Crippen molar-refractivity contribution in [3.8, 4) is 11.5 Å². The molecule has 2 aromatic heterocycles. The second-order valence-electron chi connectivity index (χ2n) is 5.73. The number of hydrogen-bond acceptors (Lipinski definition) is 6. The molecule has 0 aliphatic heterocycles. The minimum atomic E-state index is -1.10. The molecule has 0 saturated carbocycles. The standard InChI is InChI=1S/C10H7BrO4.C10H8O4/c1-14-5-2-3-7-6(4-5)8(11)9(15-7)10(12)13;1-13-7-2-3-8-6(4-7)5-9(14-8)10(11)12/h2-4H,1H3,(H,12,13);2-5H,1H3,(H,11,12). The van der Waals surface area contributed by atoms with Crippen LogP contribution in [0.2, 0.25) is 0 Å². The molecule has 0 bridgehead atoms. The van der Waals surface area contributed by atoms with Crippen LogP contribution < -0.4 is 9.47 Å². The second kappa shape index (κ2) is 8.27. The summed E-state index contributed by atoms with van der Waals surface area (Å²) >= 11 is 3.19. The highest BCUT2D eigenvalue weighted by Crippen LogP contribution is 2.33. The van der Waals surface area contributed by atoms with Gasteiger partial charge in [-0.05, 0) is 58.4 Å². The molecule has 8 nitrogen and oxygen atoms in total. The molecular formula is C20H15BrO8. The molecule has 0 radical (unpaired) electrons. The number of hydrogen-bond donors (Lipinski definition) is 2. The monoisotopic (exact) mass is 462 g/mol. The highest BCUT2D eigenvalue weighted by molar-refractivity contribution is 9.10. The molecule has 4 rings (SSSR count). The Balaban J connectivity index is 0.000000166. The second-order valence-corrected chi connectivity index (χ2v) is 6.52. The summed E-state index contributed by atoms with van der Waals surface area (Å²) in [5.74, 6) is -1.00. The minimum Gasteiger partial charge on any atom is -0.497 e. The van der Waals surface area contributed by atoms with Crippen molar-refractivity contribution >= 4 is 49.8 Å². The van der Waals surface area contributed by atoms with Crippen LogP contribution in [0.5, 0.6) is 11.5 Å². The number of methoxy groups -OCH3 is 2. The van der Waals surface area contributed by atoms with Crippen LogP contribution in [0.15, 0.2) is 55.8 Å². The Labute approximate surface area is 172 Å². The van der Waals surface area contributed by atoms with Gasteiger partial charge in [-0.15, -0.1) is 0 Å². The molecule has 0 aliphatic rings. The van der Waals surface area contributed by atoms with Gasteiger partial charge in [0.05, 0.1) is 18.7 Å². The largest absolute Gasteiger partial charge is 0.497 e. The predicted molar refractivity (Wildman–Crippen MR) is 107 cm³/mol. The third kappa shape index (κ3) is 4.19. The maximum atomic E-state index is 10.8. The molecule has 0 spiro atoms. The van der Waals surface area contributed by atoms with E-state index in [4.69, 9.17) is 28.5 Å². The van der Waals surface area contributed by atoms with Crippen LogP contribution in [-0.2, 0) is 0 Å². The first kappa shape index (κ1) is 20.3. The average molecular weight is 463 g/mol. The van der Waals surface area contributed by atoms with Gasteiger partial charge in [0, 0.05) is 10.8 Å². The van der Waals surface area contributed by atoms with E-state index < -0.39 is 11.9 Å². The lowest BCUT2D eigenvalue weighted by Gasteiger charge is -1.97. The number of benzene rings is 2. The summed E-state index contributed by atoms with van der Waals surface area (Å²) in [5, 5.41) is 18.9. The molecule has 29 heavy (non-hydrogen) atoms. The first-order valence-electron chi connectivity index (χ1n) is 8.14. The van der Waals surface area contributed by atoms with Crippen molar-refractivity contribution < 1.29 is 38.1 Å². The van der Waals surface area contributed by atoms with Crippen molar-refractivity contribution in [1.82, 2.24) is 0 Å². The topological polar surface area (TPSA) is 119 Å². The van der Waals surface area contributed by atoms with Crippen LogP contribution in [0.1, 0.15) is 21.1 Å². The Hall–Kier alpha value is -3.46. The molecule has 150 valence electrons. The number of rotatable bonds is 4. The molecule has 2 N–H and O–H groups in total. The fourth-order valence-electron chi connectivity index (χ4n) is 2.57. The van der Waals surface area contributed by atoms with Gasteiger partial charge in [-0.2, -0.15) is 0 Å². The summed E-state index contributed by atoms with van der Waals surface area (Å²) in [7, 11) is 3.10. The first-order valence-corrected chi connectivity index (χ1v) is 8.93. The smallest absolute Gasteiger partial charge is 0.373 e. The number of ether oxygens (including phenoxy) is 2. The van der Waals surface area contributed by atoms with Crippen molar-refractivity contribution in [2.75, 3.05) is 14.2 Å². The zero-order valence-corrected chi connectivity index (χ0v) is 16.8. The van der Waals surface area contributed by atoms with Gasteiger partial charge < -0.3 is 28.5 Å². The summed E-state index contributed by atoms with van der Waals surface area (Å²) in [4.78, 5) is 21.4. The number of aromatic carboxylic acids is 2. The molecule has 0 saturated heterocycles. The lowest BCUT2D eigenvalue weighted by molar-refractivity contribution is 0.0654. The Kier molecular flexibility index (Phi) is 5.79. The molecule has 0 unspecified atom stereocenters. The van der Waals surface area contributed by atoms with Gasteiger partial charge in [0.15, 0.2) is 0 Å². The van der Waals surface area contributed by atoms with E-state index in [1.165, 1.54) is 6.07 Å². The normalized spacial score (nSPS) is 10.4. The van der Waals surface area contributed by atoms with Gasteiger partial charge in [0.2, 0.25) is 11.5 Å². The minimum absolute atomic E-state index is 0.0618. The molecule has 4 aromatic rings. The Bertz CT molecular complexity index is 1200. The van der Waals surface area contributed by atoms with E-state index in [-0.39, 0.29) is 11.5 Å². The fourth-order valence-corrected chi connectivity index (χ4v) is 3.13. The summed E-state index contributed by atoms with van der Waals surface area (Å²) in [6.45, 7) is 0. The van der Waals surface area contributed by atoms with Gasteiger partial charge in [-0.1, -0.05) is 0 Å². The van der Waals surface area contributed by atoms with Crippen LogP contribution >= 0.6 is 15.9 Å². The lowest BCUT2D eigenvalue weighted by atomic mass is 10.2. The number of halogens is 1.